The fourth-order valence-corrected chi connectivity index (χ4v) is 3.20. The lowest BCUT2D eigenvalue weighted by atomic mass is 10.2. The van der Waals surface area contributed by atoms with Crippen molar-refractivity contribution in [3.8, 4) is 0 Å². The molecular weight excluding hydrogens is 393 g/mol. The summed E-state index contributed by atoms with van der Waals surface area (Å²) >= 11 is 0. The van der Waals surface area contributed by atoms with E-state index in [1.54, 1.807) is 0 Å². The van der Waals surface area contributed by atoms with Gasteiger partial charge in [0.25, 0.3) is 5.91 Å². The molecule has 1 aromatic rings. The minimum atomic E-state index is -1.70. The lowest BCUT2D eigenvalue weighted by Gasteiger charge is -2.26. The van der Waals surface area contributed by atoms with Gasteiger partial charge >= 0.3 is 6.03 Å². The maximum Gasteiger partial charge on any atom is 0.329 e. The molecule has 8 nitrogen and oxygen atoms in total. The van der Waals surface area contributed by atoms with E-state index in [-0.39, 0.29) is 6.42 Å². The van der Waals surface area contributed by atoms with Crippen LogP contribution in [0, 0.1) is 17.5 Å². The van der Waals surface area contributed by atoms with Crippen LogP contribution in [-0.4, -0.2) is 68.2 Å². The second-order valence-electron chi connectivity index (χ2n) is 6.76. The Morgan fingerprint density at radius 2 is 1.83 bits per heavy atom. The van der Waals surface area contributed by atoms with Crippen LogP contribution in [0.25, 0.3) is 0 Å². The Labute approximate surface area is 165 Å². The number of carbonyl (C=O) groups is 3. The summed E-state index contributed by atoms with van der Waals surface area (Å²) in [4.78, 5) is 39.2. The number of anilines is 1. The van der Waals surface area contributed by atoms with Gasteiger partial charge in [0.1, 0.15) is 6.04 Å². The highest BCUT2D eigenvalue weighted by Crippen LogP contribution is 2.24. The molecule has 0 aliphatic carbocycles. The highest BCUT2D eigenvalue weighted by atomic mass is 19.2. The zero-order valence-corrected chi connectivity index (χ0v) is 15.6. The Bertz CT molecular complexity index is 778. The van der Waals surface area contributed by atoms with Crippen LogP contribution in [0.1, 0.15) is 12.8 Å². The second kappa shape index (κ2) is 9.23. The summed E-state index contributed by atoms with van der Waals surface area (Å²) in [5, 5.41) is 4.97. The summed E-state index contributed by atoms with van der Waals surface area (Å²) in [6.45, 7) is 4.28. The number of benzene rings is 1. The van der Waals surface area contributed by atoms with Crippen LogP contribution in [0.4, 0.5) is 23.7 Å². The van der Waals surface area contributed by atoms with Gasteiger partial charge in [-0.2, -0.15) is 0 Å². The molecule has 11 heteroatoms. The predicted molar refractivity (Wildman–Crippen MR) is 95.6 cm³/mol. The van der Waals surface area contributed by atoms with Crippen LogP contribution in [0.3, 0.4) is 0 Å². The maximum absolute atomic E-state index is 13.4. The molecule has 2 heterocycles. The number of carbonyl (C=O) groups excluding carboxylic acids is 3. The van der Waals surface area contributed by atoms with Gasteiger partial charge in [0.05, 0.1) is 25.3 Å². The standard InChI is InChI=1S/C18H21F3N4O4/c19-12-8-11(9-13(20)16(12)21)25-17(27)14(23-18(25)28)10-15(26)22-2-1-3-24-4-6-29-7-5-24/h8-9,14H,1-7,10H2,(H,22,26)(H,23,28)/t14-/m0/s1. The van der Waals surface area contributed by atoms with Crippen molar-refractivity contribution in [2.75, 3.05) is 44.3 Å². The number of halogens is 3. The van der Waals surface area contributed by atoms with Crippen molar-refractivity contribution in [1.29, 1.82) is 0 Å². The molecule has 2 N–H and O–H groups in total. The number of hydrogen-bond donors (Lipinski definition) is 2. The number of hydrogen-bond acceptors (Lipinski definition) is 5. The molecule has 0 unspecified atom stereocenters. The monoisotopic (exact) mass is 414 g/mol. The normalized spacial score (nSPS) is 20.1. The third kappa shape index (κ3) is 5.04. The molecule has 1 aromatic carbocycles. The smallest absolute Gasteiger partial charge is 0.329 e. The molecule has 29 heavy (non-hydrogen) atoms. The number of amides is 4. The Balaban J connectivity index is 1.49. The maximum atomic E-state index is 13.4. The van der Waals surface area contributed by atoms with Crippen LogP contribution >= 0.6 is 0 Å². The molecule has 0 bridgehead atoms. The molecule has 2 aliphatic heterocycles. The third-order valence-electron chi connectivity index (χ3n) is 4.71. The van der Waals surface area contributed by atoms with Gasteiger partial charge in [0, 0.05) is 31.8 Å². The molecule has 2 saturated heterocycles. The minimum absolute atomic E-state index is 0.315. The fraction of sp³-hybridized carbons (Fsp3) is 0.500. The van der Waals surface area contributed by atoms with Gasteiger partial charge in [0.2, 0.25) is 5.91 Å². The SMILES string of the molecule is O=C(C[C@@H]1NC(=O)N(c2cc(F)c(F)c(F)c2)C1=O)NCCCN1CCOCC1. The first-order chi connectivity index (χ1) is 13.9. The molecule has 0 saturated carbocycles. The summed E-state index contributed by atoms with van der Waals surface area (Å²) in [5.74, 6) is -6.04. The van der Waals surface area contributed by atoms with E-state index in [2.05, 4.69) is 15.5 Å². The van der Waals surface area contributed by atoms with Crippen LogP contribution < -0.4 is 15.5 Å². The molecule has 0 spiro atoms. The number of nitrogens with one attached hydrogen (secondary N) is 2. The van der Waals surface area contributed by atoms with Gasteiger partial charge in [-0.15, -0.1) is 0 Å². The predicted octanol–water partition coefficient (Wildman–Crippen LogP) is 0.757. The van der Waals surface area contributed by atoms with Gasteiger partial charge in [0.15, 0.2) is 17.5 Å². The van der Waals surface area contributed by atoms with Crippen molar-refractivity contribution in [2.45, 2.75) is 18.9 Å². The molecule has 2 aliphatic rings. The van der Waals surface area contributed by atoms with Gasteiger partial charge in [-0.05, 0) is 13.0 Å². The average molecular weight is 414 g/mol. The number of imide groups is 1. The number of ether oxygens (including phenoxy) is 1. The van der Waals surface area contributed by atoms with Gasteiger partial charge < -0.3 is 15.4 Å². The molecule has 2 fully saturated rings. The molecule has 0 aromatic heterocycles. The van der Waals surface area contributed by atoms with Crippen molar-refractivity contribution in [2.24, 2.45) is 0 Å². The number of morpholine rings is 1. The summed E-state index contributed by atoms with van der Waals surface area (Å²) < 4.78 is 45.2. The first kappa shape index (κ1) is 21.1. The first-order valence-corrected chi connectivity index (χ1v) is 9.22. The topological polar surface area (TPSA) is 91.0 Å². The Hall–Kier alpha value is -2.66. The molecule has 1 atom stereocenters. The highest BCUT2D eigenvalue weighted by Gasteiger charge is 2.40. The van der Waals surface area contributed by atoms with Crippen molar-refractivity contribution in [3.63, 3.8) is 0 Å². The summed E-state index contributed by atoms with van der Waals surface area (Å²) in [5.41, 5.74) is -0.447. The summed E-state index contributed by atoms with van der Waals surface area (Å²) in [6.07, 6.45) is 0.405. The number of rotatable bonds is 7. The van der Waals surface area contributed by atoms with E-state index in [9.17, 15) is 27.6 Å². The number of nitrogens with zero attached hydrogens (tertiary/aromatic N) is 2. The van der Waals surface area contributed by atoms with Crippen molar-refractivity contribution in [3.05, 3.63) is 29.6 Å². The highest BCUT2D eigenvalue weighted by molar-refractivity contribution is 6.22. The second-order valence-corrected chi connectivity index (χ2v) is 6.76. The zero-order valence-electron chi connectivity index (χ0n) is 15.6. The Morgan fingerprint density at radius 3 is 2.48 bits per heavy atom. The van der Waals surface area contributed by atoms with Crippen LogP contribution in [0.2, 0.25) is 0 Å². The molecule has 158 valence electrons. The molecule has 4 amide bonds. The van der Waals surface area contributed by atoms with E-state index in [1.165, 1.54) is 0 Å². The first-order valence-electron chi connectivity index (χ1n) is 9.22. The third-order valence-corrected chi connectivity index (χ3v) is 4.71. The quantitative estimate of drug-likeness (QED) is 0.391. The van der Waals surface area contributed by atoms with Crippen molar-refractivity contribution in [1.82, 2.24) is 15.5 Å². The lowest BCUT2D eigenvalue weighted by molar-refractivity contribution is -0.125. The molecular formula is C18H21F3N4O4. The Kier molecular flexibility index (Phi) is 6.70. The summed E-state index contributed by atoms with van der Waals surface area (Å²) in [7, 11) is 0. The van der Waals surface area contributed by atoms with Crippen LogP contribution in [0.5, 0.6) is 0 Å². The van der Waals surface area contributed by atoms with Gasteiger partial charge in [-0.1, -0.05) is 0 Å². The van der Waals surface area contributed by atoms with E-state index < -0.39 is 47.0 Å². The summed E-state index contributed by atoms with van der Waals surface area (Å²) in [6, 6.07) is -1.02. The van der Waals surface area contributed by atoms with Crippen molar-refractivity contribution < 1.29 is 32.3 Å². The van der Waals surface area contributed by atoms with Crippen LogP contribution in [0.15, 0.2) is 12.1 Å². The van der Waals surface area contributed by atoms with E-state index in [0.29, 0.717) is 36.8 Å². The zero-order chi connectivity index (χ0) is 21.0. The number of urea groups is 1. The Morgan fingerprint density at radius 1 is 1.17 bits per heavy atom. The van der Waals surface area contributed by atoms with Crippen molar-refractivity contribution >= 4 is 23.5 Å². The molecule has 3 rings (SSSR count). The fourth-order valence-electron chi connectivity index (χ4n) is 3.20. The van der Waals surface area contributed by atoms with Gasteiger partial charge in [-0.25, -0.2) is 22.9 Å². The lowest BCUT2D eigenvalue weighted by Crippen LogP contribution is -2.39. The molecule has 0 radical (unpaired) electrons. The van der Waals surface area contributed by atoms with Crippen LogP contribution in [-0.2, 0) is 14.3 Å². The average Bonchev–Trinajstić information content (AvgIpc) is 2.97. The van der Waals surface area contributed by atoms with E-state index in [4.69, 9.17) is 4.74 Å². The van der Waals surface area contributed by atoms with E-state index in [1.807, 2.05) is 0 Å². The van der Waals surface area contributed by atoms with E-state index in [0.717, 1.165) is 26.1 Å². The minimum Gasteiger partial charge on any atom is -0.379 e. The van der Waals surface area contributed by atoms with Gasteiger partial charge in [-0.3, -0.25) is 14.5 Å². The largest absolute Gasteiger partial charge is 0.379 e. The van der Waals surface area contributed by atoms with E-state index >= 15 is 0 Å².